The lowest BCUT2D eigenvalue weighted by Crippen LogP contribution is -2.03. The largest absolute Gasteiger partial charge is 0.326 e. The summed E-state index contributed by atoms with van der Waals surface area (Å²) in [5.41, 5.74) is 8.24. The van der Waals surface area contributed by atoms with E-state index in [1.54, 1.807) is 18.2 Å². The number of aliphatic imine (C=N–C) groups is 1. The fraction of sp³-hybridized carbons (Fsp3) is 0.0714. The summed E-state index contributed by atoms with van der Waals surface area (Å²) in [6.07, 6.45) is 5.21. The first-order chi connectivity index (χ1) is 7.92. The molecule has 2 N–H and O–H groups in total. The molecule has 0 aliphatic rings. The Morgan fingerprint density at radius 1 is 1.12 bits per heavy atom. The quantitative estimate of drug-likeness (QED) is 0.544. The summed E-state index contributed by atoms with van der Waals surface area (Å²) in [5.74, 6) is 0. The van der Waals surface area contributed by atoms with Crippen LogP contribution in [0.2, 0.25) is 0 Å². The van der Waals surface area contributed by atoms with Crippen molar-refractivity contribution < 1.29 is 0 Å². The van der Waals surface area contributed by atoms with Crippen molar-refractivity contribution in [2.45, 2.75) is 0 Å². The van der Waals surface area contributed by atoms with Crippen LogP contribution in [0.1, 0.15) is 0 Å². The van der Waals surface area contributed by atoms with Crippen molar-refractivity contribution in [3.8, 4) is 0 Å². The highest BCUT2D eigenvalue weighted by Crippen LogP contribution is 2.17. The first-order valence-electron chi connectivity index (χ1n) is 4.89. The molecule has 0 atom stereocenters. The Hall–Kier alpha value is -1.64. The summed E-state index contributed by atoms with van der Waals surface area (Å²) in [4.78, 5) is 3.65. The van der Waals surface area contributed by atoms with E-state index in [2.05, 4.69) is 38.0 Å². The van der Waals surface area contributed by atoms with E-state index in [9.17, 15) is 0 Å². The highest BCUT2D eigenvalue weighted by molar-refractivity contribution is 6.31. The van der Waals surface area contributed by atoms with Gasteiger partial charge in [-0.3, -0.25) is 4.99 Å². The number of allylic oxidation sites excluding steroid dienone is 5. The monoisotopic (exact) mass is 248 g/mol. The van der Waals surface area contributed by atoms with Crippen molar-refractivity contribution in [3.63, 3.8) is 0 Å². The second-order valence-electron chi connectivity index (χ2n) is 3.31. The van der Waals surface area contributed by atoms with E-state index in [-0.39, 0.29) is 0 Å². The van der Waals surface area contributed by atoms with Gasteiger partial charge in [0.1, 0.15) is 0 Å². The molecule has 0 aliphatic heterocycles. The normalized spacial score (nSPS) is 11.3. The summed E-state index contributed by atoms with van der Waals surface area (Å²) in [6.45, 7) is 18.7. The molecule has 0 aromatic carbocycles. The van der Waals surface area contributed by atoms with Gasteiger partial charge in [-0.05, 0) is 35.6 Å². The molecule has 0 aromatic rings. The highest BCUT2D eigenvalue weighted by Gasteiger charge is 2.00. The van der Waals surface area contributed by atoms with Gasteiger partial charge in [-0.25, -0.2) is 0 Å². The van der Waals surface area contributed by atoms with Crippen LogP contribution in [0.4, 0.5) is 0 Å². The van der Waals surface area contributed by atoms with Gasteiger partial charge in [0.25, 0.3) is 0 Å². The Kier molecular flexibility index (Phi) is 6.87. The number of halogens is 1. The average Bonchev–Trinajstić information content (AvgIpc) is 2.31. The van der Waals surface area contributed by atoms with Crippen molar-refractivity contribution in [1.29, 1.82) is 0 Å². The number of hydrogen-bond acceptors (Lipinski definition) is 2. The predicted molar refractivity (Wildman–Crippen MR) is 78.2 cm³/mol. The topological polar surface area (TPSA) is 38.4 Å². The molecule has 0 unspecified atom stereocenters. The molecule has 0 radical (unpaired) electrons. The van der Waals surface area contributed by atoms with E-state index >= 15 is 0 Å². The van der Waals surface area contributed by atoms with Crippen molar-refractivity contribution >= 4 is 18.3 Å². The smallest absolute Gasteiger partial charge is 0.0550 e. The zero-order valence-corrected chi connectivity index (χ0v) is 10.6. The molecule has 0 fully saturated rings. The zero-order valence-electron chi connectivity index (χ0n) is 9.88. The number of nitrogens with zero attached hydrogens (tertiary/aromatic N) is 1. The van der Waals surface area contributed by atoms with Gasteiger partial charge in [0.05, 0.1) is 5.70 Å². The lowest BCUT2D eigenvalue weighted by atomic mass is 10.1. The summed E-state index contributed by atoms with van der Waals surface area (Å²) in [5, 5.41) is 0.405. The lowest BCUT2D eigenvalue weighted by molar-refractivity contribution is 1.18. The molecule has 0 rings (SSSR count). The Bertz CT molecular complexity index is 426. The van der Waals surface area contributed by atoms with E-state index in [0.29, 0.717) is 22.8 Å². The van der Waals surface area contributed by atoms with E-state index in [0.717, 1.165) is 11.1 Å². The van der Waals surface area contributed by atoms with Gasteiger partial charge in [-0.15, -0.1) is 0 Å². The third-order valence-corrected chi connectivity index (χ3v) is 2.25. The maximum atomic E-state index is 5.77. The van der Waals surface area contributed by atoms with Crippen LogP contribution in [-0.2, 0) is 0 Å². The Labute approximate surface area is 108 Å². The fourth-order valence-electron chi connectivity index (χ4n) is 0.908. The van der Waals surface area contributed by atoms with Gasteiger partial charge in [0.15, 0.2) is 0 Å². The average molecular weight is 249 g/mol. The Morgan fingerprint density at radius 2 is 1.71 bits per heavy atom. The molecule has 90 valence electrons. The minimum absolute atomic E-state index is 0.305. The van der Waals surface area contributed by atoms with Crippen molar-refractivity contribution in [3.05, 3.63) is 72.0 Å². The molecule has 0 saturated heterocycles. The summed E-state index contributed by atoms with van der Waals surface area (Å²) in [7, 11) is 0. The van der Waals surface area contributed by atoms with Crippen LogP contribution in [-0.4, -0.2) is 13.3 Å². The SMILES string of the molecule is C=NC(=C)/C=C\C(=C)C(=C)/C=C(/CN)C(=C)Cl. The number of nitrogens with two attached hydrogens (primary N) is 1. The molecule has 2 nitrogen and oxygen atoms in total. The second-order valence-corrected chi connectivity index (χ2v) is 3.77. The summed E-state index contributed by atoms with van der Waals surface area (Å²) >= 11 is 5.77. The van der Waals surface area contributed by atoms with E-state index in [4.69, 9.17) is 17.3 Å². The molecule has 0 aromatic heterocycles. The minimum atomic E-state index is 0.305. The molecule has 3 heteroatoms. The van der Waals surface area contributed by atoms with Crippen LogP contribution in [0.25, 0.3) is 0 Å². The molecule has 0 saturated carbocycles. The van der Waals surface area contributed by atoms with Gasteiger partial charge in [0.2, 0.25) is 0 Å². The van der Waals surface area contributed by atoms with Crippen LogP contribution < -0.4 is 5.73 Å². The maximum absolute atomic E-state index is 5.77. The first kappa shape index (κ1) is 15.4. The molecular weight excluding hydrogens is 232 g/mol. The first-order valence-corrected chi connectivity index (χ1v) is 5.27. The fourth-order valence-corrected chi connectivity index (χ4v) is 1.04. The lowest BCUT2D eigenvalue weighted by Gasteiger charge is -2.04. The van der Waals surface area contributed by atoms with Crippen molar-refractivity contribution in [1.82, 2.24) is 0 Å². The Morgan fingerprint density at radius 3 is 2.12 bits per heavy atom. The van der Waals surface area contributed by atoms with Crippen LogP contribution in [0.5, 0.6) is 0 Å². The van der Waals surface area contributed by atoms with Crippen LogP contribution >= 0.6 is 11.6 Å². The van der Waals surface area contributed by atoms with E-state index < -0.39 is 0 Å². The molecule has 0 amide bonds. The van der Waals surface area contributed by atoms with Gasteiger partial charge in [0, 0.05) is 11.6 Å². The van der Waals surface area contributed by atoms with E-state index in [1.807, 2.05) is 0 Å². The number of hydrogen-bond donors (Lipinski definition) is 1. The van der Waals surface area contributed by atoms with Crippen LogP contribution in [0.3, 0.4) is 0 Å². The standard InChI is InChI=1S/C14H17ClN2/c1-10(6-7-12(3)17-5)11(2)8-14(9-16)13(4)15/h6-8H,1-5,9,16H2/b7-6-,14-8-. The van der Waals surface area contributed by atoms with Crippen LogP contribution in [0.15, 0.2) is 77.0 Å². The molecule has 0 aliphatic carbocycles. The Balaban J connectivity index is 4.78. The van der Waals surface area contributed by atoms with Gasteiger partial charge in [-0.1, -0.05) is 44.0 Å². The van der Waals surface area contributed by atoms with E-state index in [1.165, 1.54) is 0 Å². The maximum Gasteiger partial charge on any atom is 0.0550 e. The summed E-state index contributed by atoms with van der Waals surface area (Å²) in [6, 6.07) is 0. The minimum Gasteiger partial charge on any atom is -0.326 e. The molecule has 17 heavy (non-hydrogen) atoms. The third-order valence-electron chi connectivity index (χ3n) is 2.01. The van der Waals surface area contributed by atoms with Crippen molar-refractivity contribution in [2.75, 3.05) is 6.54 Å². The van der Waals surface area contributed by atoms with Gasteiger partial charge >= 0.3 is 0 Å². The predicted octanol–water partition coefficient (Wildman–Crippen LogP) is 3.51. The second kappa shape index (κ2) is 7.60. The van der Waals surface area contributed by atoms with Gasteiger partial charge in [-0.2, -0.15) is 0 Å². The van der Waals surface area contributed by atoms with Gasteiger partial charge < -0.3 is 5.73 Å². The highest BCUT2D eigenvalue weighted by atomic mass is 35.5. The summed E-state index contributed by atoms with van der Waals surface area (Å²) < 4.78 is 0. The molecule has 0 heterocycles. The third kappa shape index (κ3) is 5.85. The molecular formula is C14H17ClN2. The molecule has 0 spiro atoms. The number of rotatable bonds is 7. The van der Waals surface area contributed by atoms with Crippen molar-refractivity contribution in [2.24, 2.45) is 10.7 Å². The zero-order chi connectivity index (χ0) is 13.4. The molecule has 0 bridgehead atoms. The van der Waals surface area contributed by atoms with Crippen LogP contribution in [0, 0.1) is 0 Å².